The van der Waals surface area contributed by atoms with Crippen molar-refractivity contribution in [2.24, 2.45) is 10.9 Å². The molecule has 0 aliphatic carbocycles. The van der Waals surface area contributed by atoms with Crippen molar-refractivity contribution in [1.29, 1.82) is 0 Å². The van der Waals surface area contributed by atoms with E-state index in [0.29, 0.717) is 5.92 Å². The minimum atomic E-state index is 0.243. The number of aryl methyl sites for hydroxylation is 2. The Bertz CT molecular complexity index is 438. The third-order valence-corrected chi connectivity index (χ3v) is 3.70. The molecule has 0 bridgehead atoms. The molecular formula is C17H33N5O. The van der Waals surface area contributed by atoms with Gasteiger partial charge in [0.15, 0.2) is 5.96 Å². The molecule has 1 rings (SSSR count). The highest BCUT2D eigenvalue weighted by Gasteiger charge is 2.07. The molecule has 0 saturated heterocycles. The summed E-state index contributed by atoms with van der Waals surface area (Å²) in [6.07, 6.45) is 8.02. The lowest BCUT2D eigenvalue weighted by molar-refractivity contribution is 0.253. The molecule has 1 unspecified atom stereocenters. The highest BCUT2D eigenvalue weighted by Crippen LogP contribution is 2.10. The predicted octanol–water partition coefficient (Wildman–Crippen LogP) is 1.94. The van der Waals surface area contributed by atoms with Crippen LogP contribution >= 0.6 is 0 Å². The van der Waals surface area contributed by atoms with Crippen molar-refractivity contribution < 1.29 is 5.11 Å². The number of guanidine groups is 1. The zero-order chi connectivity index (χ0) is 16.9. The number of nitrogens with one attached hydrogen (secondary N) is 2. The molecule has 132 valence electrons. The Morgan fingerprint density at radius 2 is 2.17 bits per heavy atom. The quantitative estimate of drug-likeness (QED) is 0.330. The lowest BCUT2D eigenvalue weighted by Gasteiger charge is -2.15. The molecule has 0 aromatic carbocycles. The first-order chi connectivity index (χ1) is 11.2. The number of hydrogen-bond donors (Lipinski definition) is 3. The zero-order valence-corrected chi connectivity index (χ0v) is 14.9. The van der Waals surface area contributed by atoms with E-state index in [1.165, 1.54) is 5.56 Å². The fraction of sp³-hybridized carbons (Fsp3) is 0.765. The predicted molar refractivity (Wildman–Crippen MR) is 95.7 cm³/mol. The van der Waals surface area contributed by atoms with Crippen molar-refractivity contribution in [2.75, 3.05) is 26.2 Å². The molecule has 1 aromatic heterocycles. The summed E-state index contributed by atoms with van der Waals surface area (Å²) < 4.78 is 1.97. The Balaban J connectivity index is 2.35. The van der Waals surface area contributed by atoms with Gasteiger partial charge in [-0.25, -0.2) is 0 Å². The third kappa shape index (κ3) is 8.59. The average Bonchev–Trinajstić information content (AvgIpc) is 2.94. The fourth-order valence-electron chi connectivity index (χ4n) is 2.52. The number of aliphatic hydroxyl groups excluding tert-OH is 1. The summed E-state index contributed by atoms with van der Waals surface area (Å²) in [7, 11) is 0. The minimum absolute atomic E-state index is 0.243. The summed E-state index contributed by atoms with van der Waals surface area (Å²) in [6.45, 7) is 9.93. The van der Waals surface area contributed by atoms with Crippen LogP contribution in [0.1, 0.15) is 45.1 Å². The van der Waals surface area contributed by atoms with Crippen LogP contribution in [0.3, 0.4) is 0 Å². The molecule has 0 radical (unpaired) electrons. The fourth-order valence-corrected chi connectivity index (χ4v) is 2.52. The summed E-state index contributed by atoms with van der Waals surface area (Å²) in [6, 6.07) is 0. The Hall–Kier alpha value is -1.56. The molecule has 23 heavy (non-hydrogen) atoms. The largest absolute Gasteiger partial charge is 0.396 e. The number of rotatable bonds is 11. The number of aliphatic imine (C=N–C) groups is 1. The van der Waals surface area contributed by atoms with Gasteiger partial charge in [-0.15, -0.1) is 0 Å². The molecule has 1 aromatic rings. The lowest BCUT2D eigenvalue weighted by atomic mass is 10.0. The van der Waals surface area contributed by atoms with E-state index in [1.54, 1.807) is 0 Å². The topological polar surface area (TPSA) is 74.5 Å². The summed E-state index contributed by atoms with van der Waals surface area (Å²) >= 11 is 0. The van der Waals surface area contributed by atoms with E-state index in [-0.39, 0.29) is 6.61 Å². The summed E-state index contributed by atoms with van der Waals surface area (Å²) in [4.78, 5) is 4.66. The van der Waals surface area contributed by atoms with E-state index in [0.717, 1.165) is 57.8 Å². The Kier molecular flexibility index (Phi) is 10.1. The molecule has 6 nitrogen and oxygen atoms in total. The van der Waals surface area contributed by atoms with E-state index in [9.17, 15) is 0 Å². The number of aliphatic hydroxyl groups is 1. The van der Waals surface area contributed by atoms with Crippen LogP contribution in [0.15, 0.2) is 17.4 Å². The highest BCUT2D eigenvalue weighted by molar-refractivity contribution is 5.79. The smallest absolute Gasteiger partial charge is 0.191 e. The van der Waals surface area contributed by atoms with Crippen molar-refractivity contribution in [3.63, 3.8) is 0 Å². The molecule has 0 amide bonds. The van der Waals surface area contributed by atoms with Crippen molar-refractivity contribution in [2.45, 2.75) is 53.0 Å². The summed E-state index contributed by atoms with van der Waals surface area (Å²) in [5.74, 6) is 1.33. The van der Waals surface area contributed by atoms with Gasteiger partial charge in [0.25, 0.3) is 0 Å². The number of aromatic nitrogens is 2. The van der Waals surface area contributed by atoms with Gasteiger partial charge in [0.2, 0.25) is 0 Å². The molecule has 0 spiro atoms. The van der Waals surface area contributed by atoms with Crippen LogP contribution in [-0.2, 0) is 6.54 Å². The SMILES string of the molecule is CCCC(CCO)CN=C(NCC)NCCCn1cc(C)cn1. The monoisotopic (exact) mass is 323 g/mol. The first-order valence-corrected chi connectivity index (χ1v) is 8.81. The molecule has 1 atom stereocenters. The van der Waals surface area contributed by atoms with E-state index >= 15 is 0 Å². The van der Waals surface area contributed by atoms with E-state index in [2.05, 4.69) is 47.7 Å². The first kappa shape index (κ1) is 19.5. The molecule has 0 aliphatic rings. The molecule has 3 N–H and O–H groups in total. The third-order valence-electron chi connectivity index (χ3n) is 3.70. The highest BCUT2D eigenvalue weighted by atomic mass is 16.3. The molecule has 6 heteroatoms. The van der Waals surface area contributed by atoms with Gasteiger partial charge in [-0.2, -0.15) is 5.10 Å². The summed E-state index contributed by atoms with van der Waals surface area (Å²) in [5.41, 5.74) is 1.19. The number of hydrogen-bond acceptors (Lipinski definition) is 3. The van der Waals surface area contributed by atoms with Gasteiger partial charge in [-0.05, 0) is 44.6 Å². The van der Waals surface area contributed by atoms with Gasteiger partial charge in [0, 0.05) is 39.0 Å². The van der Waals surface area contributed by atoms with Crippen LogP contribution in [0.25, 0.3) is 0 Å². The Morgan fingerprint density at radius 1 is 1.35 bits per heavy atom. The standard InChI is InChI=1S/C17H33N5O/c1-4-7-16(8-11-23)13-20-17(18-5-2)19-9-6-10-22-14-15(3)12-21-22/h12,14,16,23H,4-11,13H2,1-3H3,(H2,18,19,20). The van der Waals surface area contributed by atoms with Crippen LogP contribution in [0.5, 0.6) is 0 Å². The van der Waals surface area contributed by atoms with Crippen LogP contribution in [0.2, 0.25) is 0 Å². The van der Waals surface area contributed by atoms with Crippen LogP contribution in [0.4, 0.5) is 0 Å². The normalized spacial score (nSPS) is 13.1. The molecule has 0 fully saturated rings. The maximum absolute atomic E-state index is 9.13. The molecule has 0 aliphatic heterocycles. The number of nitrogens with zero attached hydrogens (tertiary/aromatic N) is 3. The Morgan fingerprint density at radius 3 is 2.78 bits per heavy atom. The second kappa shape index (κ2) is 11.9. The summed E-state index contributed by atoms with van der Waals surface area (Å²) in [5, 5.41) is 20.1. The molecular weight excluding hydrogens is 290 g/mol. The first-order valence-electron chi connectivity index (χ1n) is 8.81. The van der Waals surface area contributed by atoms with Gasteiger partial charge in [0.1, 0.15) is 0 Å². The van der Waals surface area contributed by atoms with Gasteiger partial charge in [0.05, 0.1) is 6.20 Å². The average molecular weight is 323 g/mol. The maximum Gasteiger partial charge on any atom is 0.191 e. The van der Waals surface area contributed by atoms with Crippen LogP contribution in [0, 0.1) is 12.8 Å². The Labute approximate surface area is 140 Å². The van der Waals surface area contributed by atoms with Crippen molar-refractivity contribution >= 4 is 5.96 Å². The van der Waals surface area contributed by atoms with Gasteiger partial charge in [-0.3, -0.25) is 9.67 Å². The van der Waals surface area contributed by atoms with Gasteiger partial charge < -0.3 is 15.7 Å². The van der Waals surface area contributed by atoms with Crippen molar-refractivity contribution in [3.05, 3.63) is 18.0 Å². The molecule has 1 heterocycles. The van der Waals surface area contributed by atoms with Gasteiger partial charge in [-0.1, -0.05) is 13.3 Å². The zero-order valence-electron chi connectivity index (χ0n) is 14.9. The van der Waals surface area contributed by atoms with Crippen molar-refractivity contribution in [3.8, 4) is 0 Å². The second-order valence-corrected chi connectivity index (χ2v) is 5.95. The van der Waals surface area contributed by atoms with Crippen LogP contribution < -0.4 is 10.6 Å². The van der Waals surface area contributed by atoms with Crippen molar-refractivity contribution in [1.82, 2.24) is 20.4 Å². The maximum atomic E-state index is 9.13. The van der Waals surface area contributed by atoms with E-state index < -0.39 is 0 Å². The van der Waals surface area contributed by atoms with E-state index in [1.807, 2.05) is 10.9 Å². The van der Waals surface area contributed by atoms with Crippen LogP contribution in [-0.4, -0.2) is 47.1 Å². The van der Waals surface area contributed by atoms with Gasteiger partial charge >= 0.3 is 0 Å². The molecule has 0 saturated carbocycles. The minimum Gasteiger partial charge on any atom is -0.396 e. The second-order valence-electron chi connectivity index (χ2n) is 5.95. The lowest BCUT2D eigenvalue weighted by Crippen LogP contribution is -2.38. The van der Waals surface area contributed by atoms with E-state index in [4.69, 9.17) is 5.11 Å².